The van der Waals surface area contributed by atoms with Crippen LogP contribution in [0.25, 0.3) is 39.0 Å². The van der Waals surface area contributed by atoms with Crippen LogP contribution in [0.3, 0.4) is 0 Å². The number of ether oxygens (including phenoxy) is 2. The number of amides is 2. The van der Waals surface area contributed by atoms with Gasteiger partial charge in [0, 0.05) is 47.1 Å². The van der Waals surface area contributed by atoms with E-state index in [4.69, 9.17) is 14.5 Å². The van der Waals surface area contributed by atoms with E-state index in [9.17, 15) is 24.2 Å². The van der Waals surface area contributed by atoms with Crippen LogP contribution in [0.4, 0.5) is 4.39 Å². The Balaban J connectivity index is 0.000000242. The lowest BCUT2D eigenvalue weighted by molar-refractivity contribution is 0.0850. The smallest absolute Gasteiger partial charge is 0.255 e. The van der Waals surface area contributed by atoms with Crippen molar-refractivity contribution >= 4 is 77.1 Å². The molecule has 4 N–H and O–H groups in total. The SMILES string of the molecule is CC(C)(CO)NC(=O)c1cn(COCC[Si](C)(C)C)c2ncc(-n3ncc4cc(F)ccc43)nc12.CC(C)(CO)NC(=O)c1cn(COCC[Si](C)(C)C)c2ncc(Br)nc12. The van der Waals surface area contributed by atoms with E-state index in [0.29, 0.717) is 74.7 Å². The first-order valence-electron chi connectivity index (χ1n) is 20.0. The maximum absolute atomic E-state index is 13.6. The molecule has 6 rings (SSSR count). The monoisotopic (exact) mass is 940 g/mol. The van der Waals surface area contributed by atoms with Crippen LogP contribution >= 0.6 is 15.9 Å². The second-order valence-electron chi connectivity index (χ2n) is 18.7. The molecule has 16 nitrogen and oxygen atoms in total. The molecule has 0 fully saturated rings. The van der Waals surface area contributed by atoms with Gasteiger partial charge in [0.05, 0.1) is 59.5 Å². The van der Waals surface area contributed by atoms with Gasteiger partial charge < -0.3 is 39.5 Å². The van der Waals surface area contributed by atoms with E-state index in [1.807, 2.05) is 0 Å². The van der Waals surface area contributed by atoms with Gasteiger partial charge in [0.15, 0.2) is 17.1 Å². The average molecular weight is 942 g/mol. The molecule has 0 aliphatic heterocycles. The van der Waals surface area contributed by atoms with Gasteiger partial charge in [-0.1, -0.05) is 39.3 Å². The van der Waals surface area contributed by atoms with Gasteiger partial charge in [-0.15, -0.1) is 0 Å². The summed E-state index contributed by atoms with van der Waals surface area (Å²) < 4.78 is 31.0. The fourth-order valence-electron chi connectivity index (χ4n) is 5.80. The molecule has 0 atom stereocenters. The third-order valence-electron chi connectivity index (χ3n) is 9.47. The van der Waals surface area contributed by atoms with Crippen LogP contribution < -0.4 is 10.6 Å². The summed E-state index contributed by atoms with van der Waals surface area (Å²) in [6, 6.07) is 6.47. The summed E-state index contributed by atoms with van der Waals surface area (Å²) in [5.74, 6) is -0.640. The second-order valence-corrected chi connectivity index (χ2v) is 30.8. The molecular formula is C41H58BrFN10O6Si2. The number of rotatable bonds is 17. The van der Waals surface area contributed by atoms with Crippen molar-refractivity contribution in [3.63, 3.8) is 0 Å². The predicted molar refractivity (Wildman–Crippen MR) is 243 cm³/mol. The molecule has 0 aliphatic carbocycles. The summed E-state index contributed by atoms with van der Waals surface area (Å²) in [4.78, 5) is 43.9. The zero-order valence-corrected chi connectivity index (χ0v) is 40.2. The summed E-state index contributed by atoms with van der Waals surface area (Å²) in [7, 11) is -2.40. The van der Waals surface area contributed by atoms with Crippen LogP contribution in [0.5, 0.6) is 0 Å². The van der Waals surface area contributed by atoms with Gasteiger partial charge >= 0.3 is 0 Å². The van der Waals surface area contributed by atoms with E-state index in [2.05, 4.69) is 85.9 Å². The highest BCUT2D eigenvalue weighted by molar-refractivity contribution is 9.10. The highest BCUT2D eigenvalue weighted by atomic mass is 79.9. The Hall–Kier alpha value is -4.45. The van der Waals surface area contributed by atoms with Gasteiger partial charge in [-0.25, -0.2) is 29.0 Å². The Labute approximate surface area is 365 Å². The Morgan fingerprint density at radius 2 is 1.26 bits per heavy atom. The van der Waals surface area contributed by atoms with E-state index in [-0.39, 0.29) is 37.6 Å². The van der Waals surface area contributed by atoms with Gasteiger partial charge in [0.25, 0.3) is 11.8 Å². The molecule has 6 aromatic rings. The number of hydrogen-bond donors (Lipinski definition) is 4. The van der Waals surface area contributed by atoms with Gasteiger partial charge in [-0.2, -0.15) is 5.10 Å². The fraction of sp³-hybridized carbons (Fsp3) is 0.488. The number of carbonyl (C=O) groups is 2. The first-order chi connectivity index (χ1) is 28.5. The lowest BCUT2D eigenvalue weighted by atomic mass is 10.1. The zero-order valence-electron chi connectivity index (χ0n) is 36.6. The van der Waals surface area contributed by atoms with Gasteiger partial charge in [-0.05, 0) is 73.9 Å². The Morgan fingerprint density at radius 3 is 1.75 bits per heavy atom. The molecule has 0 saturated carbocycles. The molecule has 330 valence electrons. The molecule has 0 saturated heterocycles. The van der Waals surface area contributed by atoms with Crippen LogP contribution in [-0.4, -0.2) is 115 Å². The third-order valence-corrected chi connectivity index (χ3v) is 13.3. The molecule has 2 amide bonds. The molecule has 0 bridgehead atoms. The van der Waals surface area contributed by atoms with Crippen molar-refractivity contribution in [3.05, 3.63) is 70.7 Å². The molecule has 0 spiro atoms. The number of fused-ring (bicyclic) bond motifs is 3. The minimum atomic E-state index is -1.24. The van der Waals surface area contributed by atoms with Crippen molar-refractivity contribution in [1.29, 1.82) is 0 Å². The largest absolute Gasteiger partial charge is 0.394 e. The molecule has 0 unspecified atom stereocenters. The van der Waals surface area contributed by atoms with Crippen LogP contribution in [-0.2, 0) is 22.9 Å². The van der Waals surface area contributed by atoms with Crippen molar-refractivity contribution in [1.82, 2.24) is 49.5 Å². The summed E-state index contributed by atoms with van der Waals surface area (Å²) in [6.07, 6.45) is 8.09. The van der Waals surface area contributed by atoms with Crippen LogP contribution in [0.15, 0.2) is 53.8 Å². The Morgan fingerprint density at radius 1 is 0.770 bits per heavy atom. The van der Waals surface area contributed by atoms with Crippen LogP contribution in [0, 0.1) is 5.82 Å². The maximum Gasteiger partial charge on any atom is 0.255 e. The van der Waals surface area contributed by atoms with Gasteiger partial charge in [-0.3, -0.25) is 9.59 Å². The number of aliphatic hydroxyl groups is 2. The van der Waals surface area contributed by atoms with Crippen molar-refractivity contribution in [2.75, 3.05) is 26.4 Å². The van der Waals surface area contributed by atoms with E-state index in [0.717, 1.165) is 12.1 Å². The molecule has 20 heteroatoms. The standard InChI is InChI=1S/C24H31FN6O3Si.C17H27BrN4O3Si/c1-24(2,14-32)29-23(33)18-13-30(15-34-8-9-35(3,4)5)22-21(18)28-20(12-26-22)31-19-7-6-17(25)10-16(19)11-27-31;1-17(2,10-23)21-16(24)12-9-22(11-25-6-7-26(3,4)5)15-14(12)20-13(18)8-19-15/h6-7,10-13,32H,8-9,14-15H2,1-5H3,(H,29,33);8-9,23H,6-7,10-11H2,1-5H3,(H,21,24). The number of halogens is 2. The molecule has 61 heavy (non-hydrogen) atoms. The highest BCUT2D eigenvalue weighted by Gasteiger charge is 2.26. The molecule has 0 aliphatic rings. The first kappa shape index (κ1) is 47.6. The third kappa shape index (κ3) is 12.8. The van der Waals surface area contributed by atoms with E-state index >= 15 is 0 Å². The predicted octanol–water partition coefficient (Wildman–Crippen LogP) is 6.73. The number of nitrogens with zero attached hydrogens (tertiary/aromatic N) is 8. The van der Waals surface area contributed by atoms with Gasteiger partial charge in [0.2, 0.25) is 0 Å². The van der Waals surface area contributed by atoms with Crippen LogP contribution in [0.2, 0.25) is 51.4 Å². The number of aliphatic hydroxyl groups excluding tert-OH is 2. The quantitative estimate of drug-likeness (QED) is 0.0559. The number of aromatic nitrogens is 8. The van der Waals surface area contributed by atoms with Crippen molar-refractivity contribution in [2.24, 2.45) is 0 Å². The van der Waals surface area contributed by atoms with Crippen LogP contribution in [0.1, 0.15) is 48.4 Å². The minimum Gasteiger partial charge on any atom is -0.394 e. The number of nitrogens with one attached hydrogen (secondary N) is 2. The number of benzene rings is 1. The first-order valence-corrected chi connectivity index (χ1v) is 28.2. The normalized spacial score (nSPS) is 12.6. The van der Waals surface area contributed by atoms with E-state index in [1.165, 1.54) is 12.1 Å². The van der Waals surface area contributed by atoms with E-state index < -0.39 is 27.2 Å². The molecule has 5 heterocycles. The summed E-state index contributed by atoms with van der Waals surface area (Å²) in [6.45, 7) is 22.2. The van der Waals surface area contributed by atoms with Crippen molar-refractivity contribution in [2.45, 2.75) is 104 Å². The van der Waals surface area contributed by atoms with Gasteiger partial charge in [0.1, 0.15) is 34.9 Å². The number of hydrogen-bond acceptors (Lipinski definition) is 11. The maximum atomic E-state index is 13.6. The summed E-state index contributed by atoms with van der Waals surface area (Å²) in [5.41, 5.74) is 1.82. The molecular weight excluding hydrogens is 884 g/mol. The van der Waals surface area contributed by atoms with Crippen molar-refractivity contribution < 1.29 is 33.7 Å². The minimum absolute atomic E-state index is 0.160. The Kier molecular flexibility index (Phi) is 15.1. The van der Waals surface area contributed by atoms with Crippen molar-refractivity contribution in [3.8, 4) is 5.82 Å². The molecule has 5 aromatic heterocycles. The summed E-state index contributed by atoms with van der Waals surface area (Å²) >= 11 is 3.30. The Bertz CT molecular complexity index is 2490. The molecule has 0 radical (unpaired) electrons. The second kappa shape index (κ2) is 19.3. The average Bonchev–Trinajstić information content (AvgIpc) is 3.87. The zero-order chi connectivity index (χ0) is 44.9. The highest BCUT2D eigenvalue weighted by Crippen LogP contribution is 2.24. The number of carbonyl (C=O) groups excluding carboxylic acids is 2. The van der Waals surface area contributed by atoms with E-state index in [1.54, 1.807) is 78.6 Å². The summed E-state index contributed by atoms with van der Waals surface area (Å²) in [5, 5.41) is 29.6. The topological polar surface area (TPSA) is 196 Å². The lowest BCUT2D eigenvalue weighted by Crippen LogP contribution is -2.46. The lowest BCUT2D eigenvalue weighted by Gasteiger charge is -2.23. The molecule has 1 aromatic carbocycles. The fourth-order valence-corrected chi connectivity index (χ4v) is 7.59.